The molecule has 0 saturated carbocycles. The maximum absolute atomic E-state index is 13.5. The van der Waals surface area contributed by atoms with Crippen molar-refractivity contribution < 1.29 is 38.0 Å². The number of esters is 2. The topological polar surface area (TPSA) is 91.3 Å². The summed E-state index contributed by atoms with van der Waals surface area (Å²) in [6.07, 6.45) is -0.468. The van der Waals surface area contributed by atoms with Crippen LogP contribution in [-0.2, 0) is 16.1 Å². The van der Waals surface area contributed by atoms with E-state index < -0.39 is 30.1 Å². The van der Waals surface area contributed by atoms with Crippen molar-refractivity contribution in [2.24, 2.45) is 11.3 Å². The fourth-order valence-electron chi connectivity index (χ4n) is 3.68. The van der Waals surface area contributed by atoms with E-state index in [-0.39, 0.29) is 56.7 Å². The number of halogens is 3. The highest BCUT2D eigenvalue weighted by molar-refractivity contribution is 6.38. The molecule has 7 nitrogen and oxygen atoms in total. The summed E-state index contributed by atoms with van der Waals surface area (Å²) >= 11 is 13.0. The van der Waals surface area contributed by atoms with E-state index in [2.05, 4.69) is 0 Å². The zero-order valence-electron chi connectivity index (χ0n) is 21.0. The Bertz CT molecular complexity index is 1190. The van der Waals surface area contributed by atoms with E-state index in [1.165, 1.54) is 27.0 Å². The lowest BCUT2D eigenvalue weighted by Gasteiger charge is -2.26. The van der Waals surface area contributed by atoms with Gasteiger partial charge in [0.2, 0.25) is 0 Å². The van der Waals surface area contributed by atoms with Crippen molar-refractivity contribution in [1.29, 1.82) is 0 Å². The van der Waals surface area contributed by atoms with Gasteiger partial charge in [-0.3, -0.25) is 4.79 Å². The molecule has 0 radical (unpaired) electrons. The van der Waals surface area contributed by atoms with Crippen LogP contribution in [0.5, 0.6) is 23.0 Å². The molecule has 36 heavy (non-hydrogen) atoms. The highest BCUT2D eigenvalue weighted by atomic mass is 35.5. The predicted molar refractivity (Wildman–Crippen MR) is 133 cm³/mol. The number of methoxy groups -OCH3 is 1. The lowest BCUT2D eigenvalue weighted by Crippen LogP contribution is -2.31. The van der Waals surface area contributed by atoms with Crippen LogP contribution >= 0.6 is 23.2 Å². The molecule has 1 atom stereocenters. The molecule has 0 saturated heterocycles. The van der Waals surface area contributed by atoms with Crippen molar-refractivity contribution in [3.05, 3.63) is 44.4 Å². The molecule has 0 aliphatic carbocycles. The molecular formula is C26H29Cl2FO7. The molecule has 1 aliphatic rings. The molecule has 1 aliphatic heterocycles. The molecule has 0 fully saturated rings. The van der Waals surface area contributed by atoms with Gasteiger partial charge in [-0.25, -0.2) is 9.18 Å². The average Bonchev–Trinajstić information content (AvgIpc) is 2.82. The number of aliphatic hydroxyl groups is 1. The average molecular weight is 543 g/mol. The van der Waals surface area contributed by atoms with Gasteiger partial charge in [-0.2, -0.15) is 0 Å². The second-order valence-corrected chi connectivity index (χ2v) is 10.4. The minimum absolute atomic E-state index is 0.00820. The Hall–Kier alpha value is -2.55. The molecule has 0 bridgehead atoms. The summed E-state index contributed by atoms with van der Waals surface area (Å²) in [5.74, 6) is -1.57. The Balaban J connectivity index is 2.22. The summed E-state index contributed by atoms with van der Waals surface area (Å²) in [6.45, 7) is 7.01. The molecule has 2 aromatic rings. The van der Waals surface area contributed by atoms with Crippen LogP contribution in [0.1, 0.15) is 67.3 Å². The predicted octanol–water partition coefficient (Wildman–Crippen LogP) is 6.75. The number of hydrogen-bond acceptors (Lipinski definition) is 7. The molecule has 2 aromatic carbocycles. The van der Waals surface area contributed by atoms with Crippen molar-refractivity contribution in [2.75, 3.05) is 13.8 Å². The first-order valence-electron chi connectivity index (χ1n) is 11.4. The number of ether oxygens (including phenoxy) is 4. The van der Waals surface area contributed by atoms with Gasteiger partial charge in [-0.15, -0.1) is 0 Å². The Morgan fingerprint density at radius 3 is 2.47 bits per heavy atom. The van der Waals surface area contributed by atoms with Gasteiger partial charge in [-0.05, 0) is 50.8 Å². The third-order valence-electron chi connectivity index (χ3n) is 5.86. The van der Waals surface area contributed by atoms with Crippen molar-refractivity contribution in [3.63, 3.8) is 0 Å². The number of hydrogen-bond donors (Lipinski definition) is 1. The fourth-order valence-corrected chi connectivity index (χ4v) is 4.18. The molecule has 10 heteroatoms. The van der Waals surface area contributed by atoms with Crippen molar-refractivity contribution in [3.8, 4) is 23.0 Å². The second kappa shape index (κ2) is 10.8. The number of rotatable bonds is 7. The number of cyclic esters (lactones) is 1. The number of carbonyl (C=O) groups is 2. The normalized spacial score (nSPS) is 14.1. The molecule has 1 N–H and O–H groups in total. The van der Waals surface area contributed by atoms with E-state index in [0.717, 1.165) is 0 Å². The Morgan fingerprint density at radius 2 is 1.89 bits per heavy atom. The summed E-state index contributed by atoms with van der Waals surface area (Å²) in [6, 6.07) is 3.06. The van der Waals surface area contributed by atoms with Crippen LogP contribution in [0, 0.1) is 18.3 Å². The van der Waals surface area contributed by atoms with Crippen LogP contribution in [0.15, 0.2) is 12.1 Å². The Morgan fingerprint density at radius 1 is 1.22 bits per heavy atom. The van der Waals surface area contributed by atoms with E-state index in [4.69, 9.17) is 42.1 Å². The summed E-state index contributed by atoms with van der Waals surface area (Å²) < 4.78 is 36.1. The molecule has 0 unspecified atom stereocenters. The Labute approximate surface area is 219 Å². The zero-order chi connectivity index (χ0) is 26.9. The maximum atomic E-state index is 13.5. The van der Waals surface area contributed by atoms with Gasteiger partial charge in [0.25, 0.3) is 0 Å². The molecule has 0 aromatic heterocycles. The fraction of sp³-hybridized carbons (Fsp3) is 0.462. The van der Waals surface area contributed by atoms with Crippen LogP contribution in [0.3, 0.4) is 0 Å². The standard InChI is InChI=1S/C26H29Cl2FO7/c1-12(2)9-16(30)14-7-8-17-18(21(14)33-6)24(31)34-10-15-19(27)13(3)20(28)23(22(15)35-17)36-25(32)26(4,5)11-29/h7-8,12,16,30H,9-11H2,1-6H3/t16-/m0/s1. The third-order valence-corrected chi connectivity index (χ3v) is 6.82. The van der Waals surface area contributed by atoms with Crippen molar-refractivity contribution in [2.45, 2.75) is 53.8 Å². The molecule has 196 valence electrons. The third kappa shape index (κ3) is 5.26. The minimum atomic E-state index is -1.44. The van der Waals surface area contributed by atoms with E-state index >= 15 is 0 Å². The number of aliphatic hydroxyl groups excluding tert-OH is 1. The zero-order valence-corrected chi connectivity index (χ0v) is 22.5. The lowest BCUT2D eigenvalue weighted by atomic mass is 9.96. The molecule has 3 rings (SSSR count). The van der Waals surface area contributed by atoms with Crippen LogP contribution in [0.25, 0.3) is 0 Å². The van der Waals surface area contributed by atoms with Crippen LogP contribution < -0.4 is 14.2 Å². The molecule has 1 heterocycles. The second-order valence-electron chi connectivity index (χ2n) is 9.68. The summed E-state index contributed by atoms with van der Waals surface area (Å²) in [5, 5.41) is 10.9. The van der Waals surface area contributed by atoms with E-state index in [9.17, 15) is 19.1 Å². The van der Waals surface area contributed by atoms with Gasteiger partial charge in [0.05, 0.1) is 34.2 Å². The largest absolute Gasteiger partial charge is 0.495 e. The lowest BCUT2D eigenvalue weighted by molar-refractivity contribution is -0.144. The van der Waals surface area contributed by atoms with Gasteiger partial charge in [-0.1, -0.05) is 37.0 Å². The molecular weight excluding hydrogens is 514 g/mol. The Kier molecular flexibility index (Phi) is 8.43. The van der Waals surface area contributed by atoms with E-state index in [1.807, 2.05) is 13.8 Å². The van der Waals surface area contributed by atoms with Crippen LogP contribution in [0.2, 0.25) is 10.0 Å². The summed E-state index contributed by atoms with van der Waals surface area (Å²) in [4.78, 5) is 25.8. The highest BCUT2D eigenvalue weighted by Gasteiger charge is 2.36. The maximum Gasteiger partial charge on any atom is 0.346 e. The first-order chi connectivity index (χ1) is 16.8. The number of benzene rings is 2. The quantitative estimate of drug-likeness (QED) is 0.305. The van der Waals surface area contributed by atoms with E-state index in [1.54, 1.807) is 13.0 Å². The molecule has 0 spiro atoms. The molecule has 0 amide bonds. The number of alkyl halides is 1. The van der Waals surface area contributed by atoms with Gasteiger partial charge in [0, 0.05) is 5.56 Å². The van der Waals surface area contributed by atoms with Gasteiger partial charge >= 0.3 is 11.9 Å². The summed E-state index contributed by atoms with van der Waals surface area (Å²) in [7, 11) is 1.37. The van der Waals surface area contributed by atoms with Crippen LogP contribution in [0.4, 0.5) is 4.39 Å². The van der Waals surface area contributed by atoms with Crippen molar-refractivity contribution in [1.82, 2.24) is 0 Å². The minimum Gasteiger partial charge on any atom is -0.495 e. The van der Waals surface area contributed by atoms with Crippen molar-refractivity contribution >= 4 is 35.1 Å². The van der Waals surface area contributed by atoms with Crippen LogP contribution in [-0.4, -0.2) is 30.8 Å². The van der Waals surface area contributed by atoms with Gasteiger partial charge in [0.1, 0.15) is 30.3 Å². The van der Waals surface area contributed by atoms with E-state index in [0.29, 0.717) is 17.5 Å². The number of carbonyl (C=O) groups excluding carboxylic acids is 2. The first kappa shape index (κ1) is 28.0. The smallest absolute Gasteiger partial charge is 0.346 e. The SMILES string of the molecule is COc1c([C@@H](O)CC(C)C)ccc2c1C(=O)OCc1c(Cl)c(C)c(Cl)c(OC(=O)C(C)(C)CF)c1O2. The highest BCUT2D eigenvalue weighted by Crippen LogP contribution is 2.50. The summed E-state index contributed by atoms with van der Waals surface area (Å²) in [5.41, 5.74) is -0.523. The van der Waals surface area contributed by atoms with Gasteiger partial charge < -0.3 is 24.1 Å². The van der Waals surface area contributed by atoms with Gasteiger partial charge in [0.15, 0.2) is 11.5 Å². The number of fused-ring (bicyclic) bond motifs is 2. The first-order valence-corrected chi connectivity index (χ1v) is 12.1. The monoisotopic (exact) mass is 542 g/mol.